The number of aromatic nitrogens is 4. The van der Waals surface area contributed by atoms with E-state index in [9.17, 15) is 5.11 Å². The van der Waals surface area contributed by atoms with Crippen LogP contribution in [0.3, 0.4) is 0 Å². The van der Waals surface area contributed by atoms with Crippen molar-refractivity contribution in [1.82, 2.24) is 19.9 Å². The number of hydrogen-bond acceptors (Lipinski definition) is 7. The Balaban J connectivity index is 1.72. The summed E-state index contributed by atoms with van der Waals surface area (Å²) in [7, 11) is 0. The highest BCUT2D eigenvalue weighted by molar-refractivity contribution is 7.99. The Morgan fingerprint density at radius 2 is 2.14 bits per heavy atom. The van der Waals surface area contributed by atoms with E-state index >= 15 is 0 Å². The van der Waals surface area contributed by atoms with Gasteiger partial charge in [0.05, 0.1) is 6.10 Å². The summed E-state index contributed by atoms with van der Waals surface area (Å²) in [5.74, 6) is 0.370. The maximum absolute atomic E-state index is 9.90. The average molecular weight is 314 g/mol. The van der Waals surface area contributed by atoms with E-state index in [2.05, 4.69) is 19.9 Å². The van der Waals surface area contributed by atoms with Gasteiger partial charge in [0.1, 0.15) is 11.8 Å². The predicted molar refractivity (Wildman–Crippen MR) is 84.4 cm³/mol. The Bertz CT molecular complexity index is 877. The lowest BCUT2D eigenvalue weighted by Crippen LogP contribution is -1.96. The van der Waals surface area contributed by atoms with Crippen LogP contribution in [0.5, 0.6) is 0 Å². The van der Waals surface area contributed by atoms with Crippen LogP contribution in [0.1, 0.15) is 23.7 Å². The fourth-order valence-corrected chi connectivity index (χ4v) is 3.57. The molecule has 1 unspecified atom stereocenters. The van der Waals surface area contributed by atoms with Gasteiger partial charge in [-0.1, -0.05) is 0 Å². The van der Waals surface area contributed by atoms with E-state index < -0.39 is 6.10 Å². The zero-order valence-electron chi connectivity index (χ0n) is 11.6. The summed E-state index contributed by atoms with van der Waals surface area (Å²) in [5.41, 5.74) is 15.8. The van der Waals surface area contributed by atoms with E-state index in [1.807, 2.05) is 12.1 Å². The van der Waals surface area contributed by atoms with Crippen LogP contribution < -0.4 is 11.5 Å². The second kappa shape index (κ2) is 4.85. The molecule has 0 aliphatic heterocycles. The number of imidazole rings is 1. The van der Waals surface area contributed by atoms with Crippen molar-refractivity contribution in [3.63, 3.8) is 0 Å². The predicted octanol–water partition coefficient (Wildman–Crippen LogP) is 1.65. The van der Waals surface area contributed by atoms with Gasteiger partial charge in [-0.15, -0.1) is 0 Å². The van der Waals surface area contributed by atoms with Gasteiger partial charge < -0.3 is 21.6 Å². The molecule has 8 heteroatoms. The van der Waals surface area contributed by atoms with E-state index in [4.69, 9.17) is 11.5 Å². The summed E-state index contributed by atoms with van der Waals surface area (Å²) >= 11 is 1.42. The minimum Gasteiger partial charge on any atom is -0.398 e. The summed E-state index contributed by atoms with van der Waals surface area (Å²) in [6.45, 7) is 0. The third-order valence-electron chi connectivity index (χ3n) is 3.82. The van der Waals surface area contributed by atoms with Crippen LogP contribution in [0, 0.1) is 0 Å². The number of aliphatic hydroxyl groups is 1. The molecule has 1 aliphatic rings. The number of aromatic amines is 1. The molecular weight excluding hydrogens is 300 g/mol. The number of nitrogens with zero attached hydrogens (tertiary/aromatic N) is 3. The van der Waals surface area contributed by atoms with Crippen LogP contribution in [0.15, 0.2) is 28.5 Å². The number of fused-ring (bicyclic) bond motifs is 2. The second-order valence-electron chi connectivity index (χ2n) is 5.24. The van der Waals surface area contributed by atoms with Crippen LogP contribution in [0.25, 0.3) is 11.2 Å². The molecule has 4 rings (SSSR count). The van der Waals surface area contributed by atoms with Gasteiger partial charge >= 0.3 is 0 Å². The Hall–Kier alpha value is -2.32. The number of benzene rings is 1. The second-order valence-corrected chi connectivity index (χ2v) is 6.28. The summed E-state index contributed by atoms with van der Waals surface area (Å²) in [5, 5.41) is 10.6. The minimum absolute atomic E-state index is 0.370. The number of rotatable bonds is 2. The maximum Gasteiger partial charge on any atom is 0.183 e. The van der Waals surface area contributed by atoms with E-state index in [0.717, 1.165) is 28.9 Å². The van der Waals surface area contributed by atoms with Gasteiger partial charge in [0.2, 0.25) is 0 Å². The molecule has 112 valence electrons. The number of aryl methyl sites for hydroxylation is 1. The molecule has 2 heterocycles. The summed E-state index contributed by atoms with van der Waals surface area (Å²) < 4.78 is 0. The number of nitrogen functional groups attached to an aromatic ring is 2. The molecule has 0 amide bonds. The number of hydrogen-bond donors (Lipinski definition) is 4. The third kappa shape index (κ3) is 2.08. The topological polar surface area (TPSA) is 127 Å². The minimum atomic E-state index is -0.405. The van der Waals surface area contributed by atoms with Crippen molar-refractivity contribution in [2.75, 3.05) is 11.5 Å². The first-order valence-electron chi connectivity index (χ1n) is 6.86. The summed E-state index contributed by atoms with van der Waals surface area (Å²) in [6.07, 6.45) is 2.60. The van der Waals surface area contributed by atoms with E-state index in [1.165, 1.54) is 18.1 Å². The lowest BCUT2D eigenvalue weighted by molar-refractivity contribution is 0.180. The first kappa shape index (κ1) is 13.4. The molecule has 6 N–H and O–H groups in total. The molecule has 0 fully saturated rings. The van der Waals surface area contributed by atoms with Crippen LogP contribution in [0.4, 0.5) is 11.5 Å². The lowest BCUT2D eigenvalue weighted by Gasteiger charge is -2.09. The zero-order chi connectivity index (χ0) is 15.3. The van der Waals surface area contributed by atoms with Gasteiger partial charge in [-0.3, -0.25) is 0 Å². The van der Waals surface area contributed by atoms with Crippen LogP contribution in [0.2, 0.25) is 0 Å². The number of H-pyrrole nitrogens is 1. The molecular formula is C14H14N6OS. The average Bonchev–Trinajstić information content (AvgIpc) is 3.05. The molecule has 1 atom stereocenters. The Kier molecular flexibility index (Phi) is 2.95. The summed E-state index contributed by atoms with van der Waals surface area (Å²) in [4.78, 5) is 16.4. The fraction of sp³-hybridized carbons (Fsp3) is 0.214. The Labute approximate surface area is 130 Å². The highest BCUT2D eigenvalue weighted by Crippen LogP contribution is 2.39. The van der Waals surface area contributed by atoms with Gasteiger partial charge in [-0.2, -0.15) is 0 Å². The molecule has 1 aliphatic carbocycles. The molecule has 0 bridgehead atoms. The zero-order valence-corrected chi connectivity index (χ0v) is 12.4. The standard InChI is InChI=1S/C14H14N6OS/c15-8-4-7-6(1-2-9(7)21)3-10(8)22-14-19-11-12(16)17-5-18-13(11)20-14/h3-5,9,21H,1-2,15H2,(H3,16,17,18,19,20). The monoisotopic (exact) mass is 314 g/mol. The van der Waals surface area contributed by atoms with Crippen molar-refractivity contribution in [1.29, 1.82) is 0 Å². The van der Waals surface area contributed by atoms with Crippen molar-refractivity contribution in [2.45, 2.75) is 29.0 Å². The van der Waals surface area contributed by atoms with Gasteiger partial charge in [0.15, 0.2) is 16.6 Å². The van der Waals surface area contributed by atoms with Crippen molar-refractivity contribution >= 4 is 34.4 Å². The fourth-order valence-electron chi connectivity index (χ4n) is 2.70. The molecule has 3 aromatic rings. The molecule has 0 radical (unpaired) electrons. The number of anilines is 2. The first-order valence-corrected chi connectivity index (χ1v) is 7.68. The molecule has 0 spiro atoms. The van der Waals surface area contributed by atoms with Crippen LogP contribution in [-0.4, -0.2) is 25.0 Å². The lowest BCUT2D eigenvalue weighted by atomic mass is 10.1. The molecule has 0 saturated carbocycles. The Morgan fingerprint density at radius 3 is 2.95 bits per heavy atom. The number of aliphatic hydroxyl groups excluding tert-OH is 1. The number of nitrogens with one attached hydrogen (secondary N) is 1. The quantitative estimate of drug-likeness (QED) is 0.530. The van der Waals surface area contributed by atoms with Gasteiger partial charge in [0, 0.05) is 10.6 Å². The molecule has 1 aromatic carbocycles. The molecule has 0 saturated heterocycles. The van der Waals surface area contributed by atoms with Gasteiger partial charge in [-0.05, 0) is 47.9 Å². The van der Waals surface area contributed by atoms with E-state index in [-0.39, 0.29) is 0 Å². The number of nitrogens with two attached hydrogens (primary N) is 2. The van der Waals surface area contributed by atoms with E-state index in [0.29, 0.717) is 27.8 Å². The maximum atomic E-state index is 9.90. The highest BCUT2D eigenvalue weighted by atomic mass is 32.2. The van der Waals surface area contributed by atoms with Crippen molar-refractivity contribution in [3.05, 3.63) is 29.6 Å². The summed E-state index contributed by atoms with van der Waals surface area (Å²) in [6, 6.07) is 3.87. The van der Waals surface area contributed by atoms with Gasteiger partial charge in [0.25, 0.3) is 0 Å². The van der Waals surface area contributed by atoms with Gasteiger partial charge in [-0.25, -0.2) is 15.0 Å². The first-order chi connectivity index (χ1) is 10.6. The van der Waals surface area contributed by atoms with Crippen LogP contribution in [-0.2, 0) is 6.42 Å². The largest absolute Gasteiger partial charge is 0.398 e. The smallest absolute Gasteiger partial charge is 0.183 e. The molecule has 2 aromatic heterocycles. The SMILES string of the molecule is Nc1cc2c(cc1Sc1nc3ncnc(N)c3[nH]1)CCC2O. The third-order valence-corrected chi connectivity index (χ3v) is 4.78. The van der Waals surface area contributed by atoms with Crippen molar-refractivity contribution in [2.24, 2.45) is 0 Å². The van der Waals surface area contributed by atoms with Crippen molar-refractivity contribution in [3.8, 4) is 0 Å². The van der Waals surface area contributed by atoms with Crippen molar-refractivity contribution < 1.29 is 5.11 Å². The normalized spacial score (nSPS) is 17.0. The van der Waals surface area contributed by atoms with Crippen LogP contribution >= 0.6 is 11.8 Å². The Morgan fingerprint density at radius 1 is 1.27 bits per heavy atom. The molecule has 7 nitrogen and oxygen atoms in total. The highest BCUT2D eigenvalue weighted by Gasteiger charge is 2.22. The van der Waals surface area contributed by atoms with E-state index in [1.54, 1.807) is 0 Å². The molecule has 22 heavy (non-hydrogen) atoms.